The Morgan fingerprint density at radius 2 is 2.00 bits per heavy atom. The Balaban J connectivity index is 2.92. The van der Waals surface area contributed by atoms with Gasteiger partial charge in [-0.05, 0) is 40.9 Å². The van der Waals surface area contributed by atoms with Gasteiger partial charge >= 0.3 is 0 Å². The second kappa shape index (κ2) is 5.67. The molecule has 1 N–H and O–H groups in total. The molecule has 0 amide bonds. The number of rotatable bonds is 4. The van der Waals surface area contributed by atoms with E-state index in [0.29, 0.717) is 17.9 Å². The maximum Gasteiger partial charge on any atom is 0.0887 e. The summed E-state index contributed by atoms with van der Waals surface area (Å²) >= 11 is 11.2. The number of nitrogens with one attached hydrogen (secondary N) is 1. The van der Waals surface area contributed by atoms with Gasteiger partial charge in [0.1, 0.15) is 0 Å². The van der Waals surface area contributed by atoms with Crippen LogP contribution in [0.5, 0.6) is 0 Å². The van der Waals surface area contributed by atoms with Gasteiger partial charge in [-0.25, -0.2) is 0 Å². The summed E-state index contributed by atoms with van der Waals surface area (Å²) in [5.74, 6) is 1.25. The lowest BCUT2D eigenvalue weighted by Crippen LogP contribution is -2.25. The minimum atomic E-state index is 0.388. The first-order valence-corrected chi connectivity index (χ1v) is 7.08. The van der Waals surface area contributed by atoms with Crippen molar-refractivity contribution in [2.24, 2.45) is 11.8 Å². The Morgan fingerprint density at radius 3 is 2.33 bits per heavy atom. The van der Waals surface area contributed by atoms with E-state index in [9.17, 15) is 0 Å². The third kappa shape index (κ3) is 3.19. The number of hydrogen-bond acceptors (Lipinski definition) is 2. The van der Waals surface area contributed by atoms with E-state index in [2.05, 4.69) is 48.1 Å². The molecule has 0 bridgehead atoms. The van der Waals surface area contributed by atoms with Crippen LogP contribution in [0.3, 0.4) is 0 Å². The van der Waals surface area contributed by atoms with E-state index in [1.54, 1.807) is 11.3 Å². The smallest absolute Gasteiger partial charge is 0.0887 e. The molecule has 1 rings (SSSR count). The molecular weight excluding hydrogens is 294 g/mol. The van der Waals surface area contributed by atoms with Gasteiger partial charge < -0.3 is 5.32 Å². The Labute approximate surface area is 109 Å². The Kier molecular flexibility index (Phi) is 5.10. The molecule has 1 heterocycles. The molecule has 0 saturated carbocycles. The molecule has 1 aromatic rings. The molecule has 15 heavy (non-hydrogen) atoms. The van der Waals surface area contributed by atoms with Crippen molar-refractivity contribution < 1.29 is 0 Å². The quantitative estimate of drug-likeness (QED) is 0.848. The van der Waals surface area contributed by atoms with Crippen LogP contribution in [0.15, 0.2) is 9.85 Å². The molecule has 0 spiro atoms. The van der Waals surface area contributed by atoms with E-state index in [0.717, 1.165) is 8.81 Å². The third-order valence-electron chi connectivity index (χ3n) is 2.86. The second-order valence-corrected chi connectivity index (χ2v) is 6.95. The molecule has 0 saturated heterocycles. The summed E-state index contributed by atoms with van der Waals surface area (Å²) in [6, 6.07) is 2.44. The van der Waals surface area contributed by atoms with Crippen LogP contribution in [-0.4, -0.2) is 7.05 Å². The van der Waals surface area contributed by atoms with Crippen molar-refractivity contribution in [2.45, 2.75) is 26.8 Å². The molecule has 1 aromatic heterocycles. The molecule has 2 atom stereocenters. The molecule has 0 radical (unpaired) electrons. The van der Waals surface area contributed by atoms with Gasteiger partial charge in [-0.15, -0.1) is 11.3 Å². The van der Waals surface area contributed by atoms with Crippen LogP contribution < -0.4 is 5.32 Å². The van der Waals surface area contributed by atoms with E-state index in [1.165, 1.54) is 4.88 Å². The fraction of sp³-hybridized carbons (Fsp3) is 0.636. The first-order chi connectivity index (χ1) is 6.97. The summed E-state index contributed by atoms with van der Waals surface area (Å²) in [4.78, 5) is 1.30. The molecule has 86 valence electrons. The van der Waals surface area contributed by atoms with Crippen LogP contribution in [0.2, 0.25) is 5.02 Å². The van der Waals surface area contributed by atoms with Gasteiger partial charge in [-0.1, -0.05) is 32.4 Å². The Bertz CT molecular complexity index is 305. The van der Waals surface area contributed by atoms with Crippen molar-refractivity contribution in [3.05, 3.63) is 19.8 Å². The standard InChI is InChI=1S/C11H17BrClNS/c1-6(2)7(3)10(14-4)9-5-8(13)11(12)15-9/h5-7,10,14H,1-4H3. The minimum absolute atomic E-state index is 0.388. The predicted octanol–water partition coefficient (Wildman–Crippen LogP) is 4.72. The highest BCUT2D eigenvalue weighted by molar-refractivity contribution is 9.11. The van der Waals surface area contributed by atoms with Gasteiger partial charge in [0.2, 0.25) is 0 Å². The highest BCUT2D eigenvalue weighted by Gasteiger charge is 2.22. The van der Waals surface area contributed by atoms with Crippen LogP contribution in [0, 0.1) is 11.8 Å². The Morgan fingerprint density at radius 1 is 1.40 bits per heavy atom. The first kappa shape index (κ1) is 13.5. The van der Waals surface area contributed by atoms with Crippen molar-refractivity contribution in [1.29, 1.82) is 0 Å². The zero-order valence-electron chi connectivity index (χ0n) is 9.47. The number of hydrogen-bond donors (Lipinski definition) is 1. The highest BCUT2D eigenvalue weighted by Crippen LogP contribution is 2.38. The van der Waals surface area contributed by atoms with Gasteiger partial charge in [0, 0.05) is 10.9 Å². The molecule has 0 aromatic carbocycles. The van der Waals surface area contributed by atoms with Crippen molar-refractivity contribution in [3.8, 4) is 0 Å². The van der Waals surface area contributed by atoms with E-state index >= 15 is 0 Å². The highest BCUT2D eigenvalue weighted by atomic mass is 79.9. The molecule has 0 aliphatic carbocycles. The fourth-order valence-corrected chi connectivity index (χ4v) is 3.54. The van der Waals surface area contributed by atoms with Gasteiger partial charge in [0.05, 0.1) is 8.81 Å². The van der Waals surface area contributed by atoms with Crippen LogP contribution in [-0.2, 0) is 0 Å². The second-order valence-electron chi connectivity index (χ2n) is 4.14. The Hall–Kier alpha value is 0.430. The lowest BCUT2D eigenvalue weighted by Gasteiger charge is -2.25. The van der Waals surface area contributed by atoms with Crippen LogP contribution in [0.4, 0.5) is 0 Å². The summed E-state index contributed by atoms with van der Waals surface area (Å²) in [6.07, 6.45) is 0. The maximum atomic E-state index is 6.05. The summed E-state index contributed by atoms with van der Waals surface area (Å²) in [7, 11) is 2.01. The molecule has 0 aliphatic rings. The lowest BCUT2D eigenvalue weighted by atomic mass is 9.89. The van der Waals surface area contributed by atoms with Gasteiger partial charge in [-0.2, -0.15) is 0 Å². The largest absolute Gasteiger partial charge is 0.312 e. The molecule has 1 nitrogen and oxygen atoms in total. The summed E-state index contributed by atoms with van der Waals surface area (Å²) in [5.41, 5.74) is 0. The third-order valence-corrected chi connectivity index (χ3v) is 5.42. The van der Waals surface area contributed by atoms with Gasteiger partial charge in [-0.3, -0.25) is 0 Å². The van der Waals surface area contributed by atoms with E-state index in [-0.39, 0.29) is 0 Å². The first-order valence-electron chi connectivity index (χ1n) is 5.09. The average Bonchev–Trinajstić information content (AvgIpc) is 2.47. The van der Waals surface area contributed by atoms with Crippen LogP contribution >= 0.6 is 38.9 Å². The zero-order chi connectivity index (χ0) is 11.6. The van der Waals surface area contributed by atoms with Crippen LogP contribution in [0.1, 0.15) is 31.7 Å². The predicted molar refractivity (Wildman–Crippen MR) is 72.8 cm³/mol. The monoisotopic (exact) mass is 309 g/mol. The topological polar surface area (TPSA) is 12.0 Å². The van der Waals surface area contributed by atoms with Gasteiger partial charge in [0.25, 0.3) is 0 Å². The number of halogens is 2. The fourth-order valence-electron chi connectivity index (χ4n) is 1.57. The molecule has 0 fully saturated rings. The van der Waals surface area contributed by atoms with E-state index in [4.69, 9.17) is 11.6 Å². The summed E-state index contributed by atoms with van der Waals surface area (Å²) in [6.45, 7) is 6.77. The zero-order valence-corrected chi connectivity index (χ0v) is 12.6. The normalized spacial score (nSPS) is 15.7. The van der Waals surface area contributed by atoms with Crippen LogP contribution in [0.25, 0.3) is 0 Å². The van der Waals surface area contributed by atoms with Crippen molar-refractivity contribution in [1.82, 2.24) is 5.32 Å². The SMILES string of the molecule is CNC(c1cc(Cl)c(Br)s1)C(C)C(C)C. The van der Waals surface area contributed by atoms with E-state index in [1.807, 2.05) is 7.05 Å². The van der Waals surface area contributed by atoms with Crippen molar-refractivity contribution in [2.75, 3.05) is 7.05 Å². The maximum absolute atomic E-state index is 6.05. The summed E-state index contributed by atoms with van der Waals surface area (Å²) in [5, 5.41) is 4.18. The average molecular weight is 311 g/mol. The van der Waals surface area contributed by atoms with Gasteiger partial charge in [0.15, 0.2) is 0 Å². The molecule has 0 aliphatic heterocycles. The van der Waals surface area contributed by atoms with Crippen molar-refractivity contribution >= 4 is 38.9 Å². The molecular formula is C11H17BrClNS. The van der Waals surface area contributed by atoms with Crippen molar-refractivity contribution in [3.63, 3.8) is 0 Å². The molecule has 2 unspecified atom stereocenters. The minimum Gasteiger partial charge on any atom is -0.312 e. The number of thiophene rings is 1. The lowest BCUT2D eigenvalue weighted by molar-refractivity contribution is 0.321. The van der Waals surface area contributed by atoms with E-state index < -0.39 is 0 Å². The summed E-state index contributed by atoms with van der Waals surface area (Å²) < 4.78 is 1.02. The molecule has 4 heteroatoms.